The highest BCUT2D eigenvalue weighted by Crippen LogP contribution is 2.33. The number of fused-ring (bicyclic) bond motifs is 2. The van der Waals surface area contributed by atoms with Crippen molar-refractivity contribution in [3.8, 4) is 78.7 Å². The maximum absolute atomic E-state index is 5.10. The highest BCUT2D eigenvalue weighted by molar-refractivity contribution is 5.97. The normalized spacial score (nSPS) is 11.2. The molecular formula is C53H35N3. The van der Waals surface area contributed by atoms with Crippen molar-refractivity contribution in [1.82, 2.24) is 15.0 Å². The number of hydrogen-bond donors (Lipinski definition) is 0. The molecule has 0 saturated heterocycles. The summed E-state index contributed by atoms with van der Waals surface area (Å²) in [5.74, 6) is 1.90. The molecule has 10 aromatic rings. The first kappa shape index (κ1) is 33.1. The van der Waals surface area contributed by atoms with E-state index in [1.807, 2.05) is 12.1 Å². The van der Waals surface area contributed by atoms with E-state index in [4.69, 9.17) is 15.0 Å². The molecule has 0 N–H and O–H groups in total. The molecule has 3 heteroatoms. The molecule has 1 aromatic heterocycles. The van der Waals surface area contributed by atoms with Gasteiger partial charge in [-0.25, -0.2) is 15.0 Å². The van der Waals surface area contributed by atoms with Gasteiger partial charge in [0.2, 0.25) is 0 Å². The highest BCUT2D eigenvalue weighted by Gasteiger charge is 2.14. The van der Waals surface area contributed by atoms with Crippen molar-refractivity contribution in [3.63, 3.8) is 0 Å². The summed E-state index contributed by atoms with van der Waals surface area (Å²) in [5.41, 5.74) is 12.3. The Kier molecular flexibility index (Phi) is 8.51. The molecule has 0 aliphatic carbocycles. The fourth-order valence-electron chi connectivity index (χ4n) is 7.53. The number of nitrogens with zero attached hydrogens (tertiary/aromatic N) is 3. The lowest BCUT2D eigenvalue weighted by Crippen LogP contribution is -2.00. The van der Waals surface area contributed by atoms with Crippen LogP contribution in [-0.4, -0.2) is 15.0 Å². The standard InChI is InChI=1S/C53H35N3/c1-3-10-36(11-4-1)38-18-20-39(21-19-38)40-22-26-43(27-23-40)51-54-52(44-28-24-42(25-29-44)50-17-9-15-41-14-7-8-16-49(41)50)56-53(55-51)48-33-32-46-34-45(30-31-47(46)35-48)37-12-5-2-6-13-37/h1-35H. The van der Waals surface area contributed by atoms with Gasteiger partial charge in [0.15, 0.2) is 17.5 Å². The molecule has 0 saturated carbocycles. The van der Waals surface area contributed by atoms with E-state index in [1.165, 1.54) is 44.0 Å². The van der Waals surface area contributed by atoms with Crippen molar-refractivity contribution >= 4 is 21.5 Å². The summed E-state index contributed by atoms with van der Waals surface area (Å²) in [6.45, 7) is 0. The molecule has 0 spiro atoms. The zero-order valence-corrected chi connectivity index (χ0v) is 30.5. The van der Waals surface area contributed by atoms with Gasteiger partial charge >= 0.3 is 0 Å². The molecule has 56 heavy (non-hydrogen) atoms. The topological polar surface area (TPSA) is 38.7 Å². The third kappa shape index (κ3) is 6.52. The molecular weight excluding hydrogens is 679 g/mol. The third-order valence-corrected chi connectivity index (χ3v) is 10.6. The van der Waals surface area contributed by atoms with E-state index < -0.39 is 0 Å². The first-order valence-corrected chi connectivity index (χ1v) is 18.9. The fraction of sp³-hybridized carbons (Fsp3) is 0. The SMILES string of the molecule is c1ccc(-c2ccc(-c3ccc(-c4nc(-c5ccc(-c6cccc7ccccc67)cc5)nc(-c5ccc6cc(-c7ccccc7)ccc6c5)n4)cc3)cc2)cc1. The second kappa shape index (κ2) is 14.4. The minimum absolute atomic E-state index is 0.633. The molecule has 0 aliphatic heterocycles. The molecule has 10 rings (SSSR count). The molecule has 0 fully saturated rings. The molecule has 9 aromatic carbocycles. The zero-order valence-electron chi connectivity index (χ0n) is 30.5. The minimum atomic E-state index is 0.633. The Morgan fingerprint density at radius 2 is 0.589 bits per heavy atom. The van der Waals surface area contributed by atoms with E-state index in [0.717, 1.165) is 38.8 Å². The number of hydrogen-bond acceptors (Lipinski definition) is 3. The lowest BCUT2D eigenvalue weighted by atomic mass is 9.97. The van der Waals surface area contributed by atoms with Crippen LogP contribution in [0.15, 0.2) is 212 Å². The summed E-state index contributed by atoms with van der Waals surface area (Å²) in [7, 11) is 0. The van der Waals surface area contributed by atoms with Gasteiger partial charge in [0, 0.05) is 16.7 Å². The first-order valence-electron chi connectivity index (χ1n) is 18.9. The Bertz CT molecular complexity index is 2970. The first-order chi connectivity index (χ1) is 27.7. The van der Waals surface area contributed by atoms with E-state index in [2.05, 4.69) is 200 Å². The van der Waals surface area contributed by atoms with Gasteiger partial charge in [0.25, 0.3) is 0 Å². The van der Waals surface area contributed by atoms with Crippen LogP contribution in [0.25, 0.3) is 100 Å². The van der Waals surface area contributed by atoms with Crippen LogP contribution in [0.4, 0.5) is 0 Å². The summed E-state index contributed by atoms with van der Waals surface area (Å²) in [6, 6.07) is 74.8. The summed E-state index contributed by atoms with van der Waals surface area (Å²) < 4.78 is 0. The predicted octanol–water partition coefficient (Wildman–Crippen LogP) is 13.8. The van der Waals surface area contributed by atoms with Crippen molar-refractivity contribution in [2.75, 3.05) is 0 Å². The van der Waals surface area contributed by atoms with Gasteiger partial charge in [-0.3, -0.25) is 0 Å². The summed E-state index contributed by atoms with van der Waals surface area (Å²) >= 11 is 0. The van der Waals surface area contributed by atoms with Gasteiger partial charge < -0.3 is 0 Å². The predicted molar refractivity (Wildman–Crippen MR) is 233 cm³/mol. The van der Waals surface area contributed by atoms with Gasteiger partial charge in [-0.2, -0.15) is 0 Å². The van der Waals surface area contributed by atoms with E-state index in [9.17, 15) is 0 Å². The summed E-state index contributed by atoms with van der Waals surface area (Å²) in [5, 5.41) is 4.76. The molecule has 0 atom stereocenters. The maximum Gasteiger partial charge on any atom is 0.164 e. The smallest absolute Gasteiger partial charge is 0.164 e. The molecule has 0 radical (unpaired) electrons. The van der Waals surface area contributed by atoms with Crippen molar-refractivity contribution in [3.05, 3.63) is 212 Å². The van der Waals surface area contributed by atoms with Crippen LogP contribution < -0.4 is 0 Å². The average Bonchev–Trinajstić information content (AvgIpc) is 3.29. The Labute approximate surface area is 326 Å². The van der Waals surface area contributed by atoms with Gasteiger partial charge in [-0.05, 0) is 78.2 Å². The monoisotopic (exact) mass is 713 g/mol. The molecule has 0 amide bonds. The molecule has 262 valence electrons. The lowest BCUT2D eigenvalue weighted by molar-refractivity contribution is 1.07. The van der Waals surface area contributed by atoms with E-state index in [-0.39, 0.29) is 0 Å². The molecule has 0 unspecified atom stereocenters. The molecule has 3 nitrogen and oxygen atoms in total. The Balaban J connectivity index is 1.02. The van der Waals surface area contributed by atoms with E-state index >= 15 is 0 Å². The van der Waals surface area contributed by atoms with Crippen molar-refractivity contribution in [2.24, 2.45) is 0 Å². The minimum Gasteiger partial charge on any atom is -0.208 e. The number of rotatable bonds is 7. The van der Waals surface area contributed by atoms with Gasteiger partial charge in [0.1, 0.15) is 0 Å². The van der Waals surface area contributed by atoms with Crippen LogP contribution in [-0.2, 0) is 0 Å². The van der Waals surface area contributed by atoms with Crippen LogP contribution in [0, 0.1) is 0 Å². The Morgan fingerprint density at radius 3 is 1.16 bits per heavy atom. The maximum atomic E-state index is 5.10. The van der Waals surface area contributed by atoms with E-state index in [1.54, 1.807) is 0 Å². The van der Waals surface area contributed by atoms with Crippen LogP contribution in [0.5, 0.6) is 0 Å². The van der Waals surface area contributed by atoms with Crippen LogP contribution >= 0.6 is 0 Å². The second-order valence-electron chi connectivity index (χ2n) is 14.1. The van der Waals surface area contributed by atoms with Crippen molar-refractivity contribution < 1.29 is 0 Å². The molecule has 0 bridgehead atoms. The molecule has 0 aliphatic rings. The quantitative estimate of drug-likeness (QED) is 0.165. The number of benzene rings is 9. The average molecular weight is 714 g/mol. The summed E-state index contributed by atoms with van der Waals surface area (Å²) in [4.78, 5) is 15.3. The fourth-order valence-corrected chi connectivity index (χ4v) is 7.53. The Hall–Kier alpha value is -7.49. The van der Waals surface area contributed by atoms with Crippen LogP contribution in [0.3, 0.4) is 0 Å². The largest absolute Gasteiger partial charge is 0.208 e. The zero-order chi connectivity index (χ0) is 37.3. The van der Waals surface area contributed by atoms with Crippen molar-refractivity contribution in [2.45, 2.75) is 0 Å². The lowest BCUT2D eigenvalue weighted by Gasteiger charge is -2.11. The van der Waals surface area contributed by atoms with Crippen LogP contribution in [0.2, 0.25) is 0 Å². The Morgan fingerprint density at radius 1 is 0.214 bits per heavy atom. The second-order valence-corrected chi connectivity index (χ2v) is 14.1. The third-order valence-electron chi connectivity index (χ3n) is 10.6. The van der Waals surface area contributed by atoms with Crippen LogP contribution in [0.1, 0.15) is 0 Å². The number of aromatic nitrogens is 3. The summed E-state index contributed by atoms with van der Waals surface area (Å²) in [6.07, 6.45) is 0. The van der Waals surface area contributed by atoms with E-state index in [0.29, 0.717) is 17.5 Å². The van der Waals surface area contributed by atoms with Crippen molar-refractivity contribution in [1.29, 1.82) is 0 Å². The molecule has 1 heterocycles. The highest BCUT2D eigenvalue weighted by atomic mass is 15.0. The van der Waals surface area contributed by atoms with Gasteiger partial charge in [0.05, 0.1) is 0 Å². The van der Waals surface area contributed by atoms with Gasteiger partial charge in [-0.15, -0.1) is 0 Å². The van der Waals surface area contributed by atoms with Gasteiger partial charge in [-0.1, -0.05) is 200 Å².